The van der Waals surface area contributed by atoms with Gasteiger partial charge < -0.3 is 10.6 Å². The van der Waals surface area contributed by atoms with Crippen LogP contribution < -0.4 is 10.6 Å². The Morgan fingerprint density at radius 1 is 1.50 bits per heavy atom. The summed E-state index contributed by atoms with van der Waals surface area (Å²) in [6.45, 7) is 5.49. The molecule has 1 atom stereocenters. The monoisotopic (exact) mass is 282 g/mol. The molecule has 1 aromatic rings. The van der Waals surface area contributed by atoms with E-state index in [2.05, 4.69) is 50.2 Å². The molecule has 0 aliphatic carbocycles. The lowest BCUT2D eigenvalue weighted by molar-refractivity contribution is 0.559. The molecule has 2 nitrogen and oxygen atoms in total. The van der Waals surface area contributed by atoms with Crippen LogP contribution in [0.15, 0.2) is 23.1 Å². The molecule has 18 heavy (non-hydrogen) atoms. The second kappa shape index (κ2) is 7.00. The molecule has 0 amide bonds. The van der Waals surface area contributed by atoms with Gasteiger partial charge in [-0.15, -0.1) is 11.8 Å². The average molecular weight is 282 g/mol. The van der Waals surface area contributed by atoms with Gasteiger partial charge in [-0.2, -0.15) is 0 Å². The minimum atomic E-state index is 0.478. The third-order valence-electron chi connectivity index (χ3n) is 3.16. The van der Waals surface area contributed by atoms with E-state index in [1.807, 2.05) is 0 Å². The van der Waals surface area contributed by atoms with Crippen molar-refractivity contribution < 1.29 is 0 Å². The number of thiocarbonyl (C=S) groups is 1. The fraction of sp³-hybridized carbons (Fsp3) is 0.500. The molecule has 0 fully saturated rings. The van der Waals surface area contributed by atoms with E-state index in [1.54, 1.807) is 11.8 Å². The van der Waals surface area contributed by atoms with E-state index in [0.29, 0.717) is 10.9 Å². The number of nitrogens with two attached hydrogens (primary N) is 1. The summed E-state index contributed by atoms with van der Waals surface area (Å²) in [5.41, 5.74) is 8.02. The first-order valence-corrected chi connectivity index (χ1v) is 7.82. The minimum Gasteiger partial charge on any atom is -0.389 e. The van der Waals surface area contributed by atoms with Gasteiger partial charge in [-0.25, -0.2) is 0 Å². The van der Waals surface area contributed by atoms with E-state index >= 15 is 0 Å². The molecule has 0 saturated carbocycles. The van der Waals surface area contributed by atoms with Gasteiger partial charge in [0.25, 0.3) is 0 Å². The lowest BCUT2D eigenvalue weighted by Crippen LogP contribution is -2.26. The zero-order chi connectivity index (χ0) is 13.7. The molecule has 2 N–H and O–H groups in total. The molecule has 1 aromatic carbocycles. The van der Waals surface area contributed by atoms with Crippen molar-refractivity contribution in [2.24, 2.45) is 11.7 Å². The molecule has 0 heterocycles. The zero-order valence-corrected chi connectivity index (χ0v) is 13.2. The van der Waals surface area contributed by atoms with Gasteiger partial charge in [0.2, 0.25) is 0 Å². The van der Waals surface area contributed by atoms with Crippen molar-refractivity contribution in [3.8, 4) is 0 Å². The second-order valence-electron chi connectivity index (χ2n) is 4.61. The first-order chi connectivity index (χ1) is 8.51. The van der Waals surface area contributed by atoms with Crippen LogP contribution in [0.5, 0.6) is 0 Å². The van der Waals surface area contributed by atoms with Gasteiger partial charge in [0, 0.05) is 29.7 Å². The summed E-state index contributed by atoms with van der Waals surface area (Å²) in [5, 5.41) is 0. The van der Waals surface area contributed by atoms with E-state index in [0.717, 1.165) is 22.7 Å². The maximum Gasteiger partial charge on any atom is 0.107 e. The largest absolute Gasteiger partial charge is 0.389 e. The Bertz CT molecular complexity index is 418. The second-order valence-corrected chi connectivity index (χ2v) is 5.90. The average Bonchev–Trinajstić information content (AvgIpc) is 2.37. The van der Waals surface area contributed by atoms with E-state index in [1.165, 1.54) is 6.42 Å². The molecule has 0 aliphatic heterocycles. The van der Waals surface area contributed by atoms with Crippen LogP contribution in [0.4, 0.5) is 5.69 Å². The van der Waals surface area contributed by atoms with Gasteiger partial charge in [0.15, 0.2) is 0 Å². The molecular weight excluding hydrogens is 260 g/mol. The van der Waals surface area contributed by atoms with Crippen LogP contribution >= 0.6 is 24.0 Å². The van der Waals surface area contributed by atoms with Crippen molar-refractivity contribution in [1.29, 1.82) is 0 Å². The number of hydrogen-bond acceptors (Lipinski definition) is 3. The van der Waals surface area contributed by atoms with Crippen LogP contribution in [0.25, 0.3) is 0 Å². The van der Waals surface area contributed by atoms with Crippen molar-refractivity contribution in [2.75, 3.05) is 24.7 Å². The molecule has 0 bridgehead atoms. The number of thioether (sulfide) groups is 1. The van der Waals surface area contributed by atoms with Gasteiger partial charge in [0.05, 0.1) is 0 Å². The number of nitrogens with zero attached hydrogens (tertiary/aromatic N) is 1. The molecule has 4 heteroatoms. The summed E-state index contributed by atoms with van der Waals surface area (Å²) >= 11 is 6.89. The molecule has 1 rings (SSSR count). The Labute approximate surface area is 120 Å². The summed E-state index contributed by atoms with van der Waals surface area (Å²) < 4.78 is 0. The summed E-state index contributed by atoms with van der Waals surface area (Å²) in [5.74, 6) is 0.659. The van der Waals surface area contributed by atoms with Gasteiger partial charge in [-0.1, -0.05) is 38.6 Å². The Hall–Kier alpha value is -0.740. The van der Waals surface area contributed by atoms with Crippen molar-refractivity contribution in [1.82, 2.24) is 0 Å². The smallest absolute Gasteiger partial charge is 0.107 e. The molecule has 0 saturated heterocycles. The lowest BCUT2D eigenvalue weighted by atomic mass is 10.1. The molecule has 0 aromatic heterocycles. The normalized spacial score (nSPS) is 12.2. The summed E-state index contributed by atoms with van der Waals surface area (Å²) in [7, 11) is 2.10. The van der Waals surface area contributed by atoms with Crippen LogP contribution in [-0.2, 0) is 0 Å². The van der Waals surface area contributed by atoms with E-state index in [-0.39, 0.29) is 0 Å². The predicted octanol–water partition coefficient (Wildman–Crippen LogP) is 3.53. The summed E-state index contributed by atoms with van der Waals surface area (Å²) in [4.78, 5) is 3.88. The first-order valence-electron chi connectivity index (χ1n) is 6.19. The van der Waals surface area contributed by atoms with Crippen LogP contribution in [0.2, 0.25) is 0 Å². The minimum absolute atomic E-state index is 0.478. The van der Waals surface area contributed by atoms with Crippen molar-refractivity contribution in [2.45, 2.75) is 25.2 Å². The Morgan fingerprint density at radius 2 is 2.17 bits per heavy atom. The Morgan fingerprint density at radius 3 is 2.67 bits per heavy atom. The van der Waals surface area contributed by atoms with Crippen LogP contribution in [0, 0.1) is 5.92 Å². The van der Waals surface area contributed by atoms with Gasteiger partial charge in [0.1, 0.15) is 4.99 Å². The third-order valence-corrected chi connectivity index (χ3v) is 4.15. The Kier molecular flexibility index (Phi) is 5.96. The van der Waals surface area contributed by atoms with Gasteiger partial charge >= 0.3 is 0 Å². The Balaban J connectivity index is 3.11. The fourth-order valence-electron chi connectivity index (χ4n) is 1.95. The number of benzene rings is 1. The van der Waals surface area contributed by atoms with Gasteiger partial charge in [-0.05, 0) is 24.3 Å². The maximum absolute atomic E-state index is 5.88. The molecule has 1 unspecified atom stereocenters. The fourth-order valence-corrected chi connectivity index (χ4v) is 2.86. The highest BCUT2D eigenvalue weighted by Gasteiger charge is 2.14. The quantitative estimate of drug-likeness (QED) is 0.638. The van der Waals surface area contributed by atoms with E-state index in [9.17, 15) is 0 Å². The highest BCUT2D eigenvalue weighted by Crippen LogP contribution is 2.29. The highest BCUT2D eigenvalue weighted by molar-refractivity contribution is 7.98. The summed E-state index contributed by atoms with van der Waals surface area (Å²) in [6, 6.07) is 6.23. The van der Waals surface area contributed by atoms with Gasteiger partial charge in [-0.3, -0.25) is 0 Å². The molecule has 0 radical (unpaired) electrons. The highest BCUT2D eigenvalue weighted by atomic mass is 32.2. The van der Waals surface area contributed by atoms with Crippen molar-refractivity contribution in [3.63, 3.8) is 0 Å². The maximum atomic E-state index is 5.88. The first kappa shape index (κ1) is 15.3. The van der Waals surface area contributed by atoms with Crippen molar-refractivity contribution in [3.05, 3.63) is 23.8 Å². The third kappa shape index (κ3) is 3.62. The number of anilines is 1. The summed E-state index contributed by atoms with van der Waals surface area (Å²) in [6.07, 6.45) is 3.23. The molecule has 0 spiro atoms. The zero-order valence-electron chi connectivity index (χ0n) is 11.6. The van der Waals surface area contributed by atoms with Crippen LogP contribution in [-0.4, -0.2) is 24.8 Å². The topological polar surface area (TPSA) is 29.3 Å². The number of rotatable bonds is 6. The molecule has 0 aliphatic rings. The number of hydrogen-bond donors (Lipinski definition) is 1. The predicted molar refractivity (Wildman–Crippen MR) is 86.8 cm³/mol. The molecule has 100 valence electrons. The van der Waals surface area contributed by atoms with Crippen LogP contribution in [0.3, 0.4) is 0 Å². The van der Waals surface area contributed by atoms with E-state index < -0.39 is 0 Å². The standard InChI is InChI=1S/C14H22N2S2/c1-5-10(2)9-16(3)11-7-6-8-12(18-4)13(11)14(15)17/h6-8,10H,5,9H2,1-4H3,(H2,15,17). The lowest BCUT2D eigenvalue weighted by Gasteiger charge is -2.26. The van der Waals surface area contributed by atoms with Crippen LogP contribution in [0.1, 0.15) is 25.8 Å². The molecular formula is C14H22N2S2. The SMILES string of the molecule is CCC(C)CN(C)c1cccc(SC)c1C(N)=S. The van der Waals surface area contributed by atoms with E-state index in [4.69, 9.17) is 18.0 Å². The van der Waals surface area contributed by atoms with Crippen molar-refractivity contribution >= 4 is 34.7 Å².